The Morgan fingerprint density at radius 2 is 1.93 bits per heavy atom. The molecule has 2 aromatic heterocycles. The summed E-state index contributed by atoms with van der Waals surface area (Å²) in [5.74, 6) is -0.635. The number of benzene rings is 1. The van der Waals surface area contributed by atoms with Gasteiger partial charge in [0.2, 0.25) is 10.0 Å². The molecule has 1 N–H and O–H groups in total. The second kappa shape index (κ2) is 8.41. The van der Waals surface area contributed by atoms with Gasteiger partial charge in [-0.2, -0.15) is 0 Å². The lowest BCUT2D eigenvalue weighted by Crippen LogP contribution is -2.11. The lowest BCUT2D eigenvalue weighted by molar-refractivity contribution is 0.586. The molecule has 3 aromatic rings. The van der Waals surface area contributed by atoms with Gasteiger partial charge in [-0.3, -0.25) is 4.72 Å². The van der Waals surface area contributed by atoms with Crippen molar-refractivity contribution in [2.75, 3.05) is 17.2 Å². The highest BCUT2D eigenvalue weighted by Crippen LogP contribution is 2.44. The van der Waals surface area contributed by atoms with Crippen molar-refractivity contribution < 1.29 is 12.8 Å². The zero-order valence-corrected chi connectivity index (χ0v) is 20.2. The molecule has 30 heavy (non-hydrogen) atoms. The van der Waals surface area contributed by atoms with E-state index in [9.17, 15) is 12.8 Å². The Balaban J connectivity index is 2.29. The Morgan fingerprint density at radius 1 is 1.23 bits per heavy atom. The Hall–Kier alpha value is -1.75. The quantitative estimate of drug-likeness (QED) is 0.381. The van der Waals surface area contributed by atoms with Gasteiger partial charge in [0.05, 0.1) is 38.2 Å². The molecule has 0 unspecified atom stereocenters. The molecule has 0 amide bonds. The Morgan fingerprint density at radius 3 is 2.53 bits per heavy atom. The predicted octanol–water partition coefficient (Wildman–Crippen LogP) is 5.45. The summed E-state index contributed by atoms with van der Waals surface area (Å²) in [5, 5.41) is 1.47. The molecule has 1 aromatic carbocycles. The fourth-order valence-electron chi connectivity index (χ4n) is 2.60. The summed E-state index contributed by atoms with van der Waals surface area (Å²) in [6.07, 6.45) is 4.50. The minimum absolute atomic E-state index is 0.0436. The monoisotopic (exact) mass is 486 g/mol. The van der Waals surface area contributed by atoms with E-state index in [1.165, 1.54) is 29.2 Å². The van der Waals surface area contributed by atoms with Gasteiger partial charge >= 0.3 is 0 Å². The number of aromatic nitrogens is 3. The van der Waals surface area contributed by atoms with E-state index in [1.54, 1.807) is 12.3 Å². The number of sulfonamides is 1. The fraction of sp³-hybridized carbons (Fsp3) is 0.316. The number of hydrogen-bond donors (Lipinski definition) is 1. The first kappa shape index (κ1) is 22.9. The molecule has 11 heteroatoms. The zero-order chi connectivity index (χ0) is 22.3. The van der Waals surface area contributed by atoms with Gasteiger partial charge in [-0.1, -0.05) is 44.1 Å². The Labute approximate surface area is 188 Å². The maximum absolute atomic E-state index is 14.4. The van der Waals surface area contributed by atoms with E-state index >= 15 is 0 Å². The fourth-order valence-corrected chi connectivity index (χ4v) is 4.92. The van der Waals surface area contributed by atoms with Crippen molar-refractivity contribution in [3.8, 4) is 21.8 Å². The third-order valence-corrected chi connectivity index (χ3v) is 6.97. The molecule has 160 valence electrons. The molecular formula is C19H20ClFN4O2S3. The highest BCUT2D eigenvalue weighted by Gasteiger charge is 2.26. The maximum Gasteiger partial charge on any atom is 0.229 e. The van der Waals surface area contributed by atoms with Crippen LogP contribution in [0.1, 0.15) is 25.8 Å². The number of thiazole rings is 1. The smallest absolute Gasteiger partial charge is 0.229 e. The van der Waals surface area contributed by atoms with Crippen molar-refractivity contribution in [2.45, 2.75) is 31.3 Å². The van der Waals surface area contributed by atoms with Gasteiger partial charge in [-0.15, -0.1) is 11.3 Å². The van der Waals surface area contributed by atoms with Gasteiger partial charge in [0.1, 0.15) is 5.82 Å². The van der Waals surface area contributed by atoms with E-state index in [4.69, 9.17) is 16.6 Å². The van der Waals surface area contributed by atoms with Crippen molar-refractivity contribution >= 4 is 50.4 Å². The predicted molar refractivity (Wildman–Crippen MR) is 122 cm³/mol. The van der Waals surface area contributed by atoms with Crippen molar-refractivity contribution in [3.05, 3.63) is 40.2 Å². The zero-order valence-electron chi connectivity index (χ0n) is 16.9. The molecule has 3 rings (SSSR count). The van der Waals surface area contributed by atoms with Crippen LogP contribution in [-0.4, -0.2) is 35.9 Å². The van der Waals surface area contributed by atoms with Crippen molar-refractivity contribution in [1.82, 2.24) is 15.0 Å². The first-order valence-electron chi connectivity index (χ1n) is 8.75. The number of nitrogens with zero attached hydrogens (tertiary/aromatic N) is 3. The summed E-state index contributed by atoms with van der Waals surface area (Å²) in [6.45, 7) is 6.07. The van der Waals surface area contributed by atoms with Crippen molar-refractivity contribution in [3.63, 3.8) is 0 Å². The van der Waals surface area contributed by atoms with Crippen molar-refractivity contribution in [2.24, 2.45) is 0 Å². The van der Waals surface area contributed by atoms with Crippen LogP contribution < -0.4 is 4.72 Å². The van der Waals surface area contributed by atoms with Crippen LogP contribution in [0.2, 0.25) is 5.02 Å². The second-order valence-corrected chi connectivity index (χ2v) is 11.5. The van der Waals surface area contributed by atoms with Crippen LogP contribution in [0.25, 0.3) is 21.8 Å². The van der Waals surface area contributed by atoms with Crippen LogP contribution >= 0.6 is 34.7 Å². The summed E-state index contributed by atoms with van der Waals surface area (Å²) < 4.78 is 40.0. The van der Waals surface area contributed by atoms with E-state index in [1.807, 2.05) is 27.0 Å². The number of nitrogens with one attached hydrogen (secondary N) is 1. The molecule has 0 bridgehead atoms. The van der Waals surface area contributed by atoms with Gasteiger partial charge in [0.15, 0.2) is 5.16 Å². The van der Waals surface area contributed by atoms with E-state index in [0.29, 0.717) is 21.4 Å². The first-order valence-corrected chi connectivity index (χ1v) is 13.1. The summed E-state index contributed by atoms with van der Waals surface area (Å²) in [6, 6.07) is 4.05. The van der Waals surface area contributed by atoms with Crippen LogP contribution in [0.5, 0.6) is 0 Å². The number of halogens is 2. The maximum atomic E-state index is 14.4. The highest BCUT2D eigenvalue weighted by atomic mass is 35.5. The van der Waals surface area contributed by atoms with Gasteiger partial charge in [0.25, 0.3) is 0 Å². The van der Waals surface area contributed by atoms with Gasteiger partial charge in [-0.05, 0) is 24.5 Å². The molecule has 0 aliphatic rings. The molecule has 0 aliphatic heterocycles. The molecule has 2 heterocycles. The van der Waals surface area contributed by atoms with Crippen LogP contribution in [0, 0.1) is 5.82 Å². The number of rotatable bonds is 5. The third-order valence-electron chi connectivity index (χ3n) is 3.91. The van der Waals surface area contributed by atoms with Gasteiger partial charge in [0, 0.05) is 17.2 Å². The van der Waals surface area contributed by atoms with E-state index < -0.39 is 15.8 Å². The minimum atomic E-state index is -3.65. The molecule has 0 radical (unpaired) electrons. The summed E-state index contributed by atoms with van der Waals surface area (Å²) in [5.41, 5.74) is 1.06. The van der Waals surface area contributed by atoms with Crippen molar-refractivity contribution in [1.29, 1.82) is 0 Å². The Bertz CT molecular complexity index is 1210. The number of anilines is 1. The topological polar surface area (TPSA) is 84.8 Å². The molecular weight excluding hydrogens is 467 g/mol. The largest absolute Gasteiger partial charge is 0.282 e. The van der Waals surface area contributed by atoms with Gasteiger partial charge in [-0.25, -0.2) is 27.8 Å². The van der Waals surface area contributed by atoms with E-state index in [2.05, 4.69) is 14.7 Å². The van der Waals surface area contributed by atoms with Gasteiger partial charge < -0.3 is 0 Å². The molecule has 0 saturated heterocycles. The van der Waals surface area contributed by atoms with Crippen LogP contribution in [0.3, 0.4) is 0 Å². The molecule has 6 nitrogen and oxygen atoms in total. The molecule has 0 atom stereocenters. The second-order valence-electron chi connectivity index (χ2n) is 7.56. The number of thioether (sulfide) groups is 1. The minimum Gasteiger partial charge on any atom is -0.282 e. The van der Waals surface area contributed by atoms with E-state index in [-0.39, 0.29) is 21.7 Å². The Kier molecular flexibility index (Phi) is 6.43. The average molecular weight is 487 g/mol. The highest BCUT2D eigenvalue weighted by molar-refractivity contribution is 7.98. The standard InChI is InChI=1S/C19H20ClFN4O2S3/c1-19(2,3)17-24-15(16(29-17)12-6-7-22-18(23-12)28-4)11-8-10(21)9-13(14(11)20)25-30(5,26)27/h6-9,25H,1-5H3. The van der Waals surface area contributed by atoms with Crippen LogP contribution in [0.4, 0.5) is 10.1 Å². The lowest BCUT2D eigenvalue weighted by Gasteiger charge is -2.14. The third kappa shape index (κ3) is 5.11. The van der Waals surface area contributed by atoms with Crippen LogP contribution in [0.15, 0.2) is 29.6 Å². The summed E-state index contributed by atoms with van der Waals surface area (Å²) >= 11 is 9.34. The molecule has 0 saturated carbocycles. The molecule has 0 fully saturated rings. The number of hydrogen-bond acceptors (Lipinski definition) is 7. The molecule has 0 spiro atoms. The first-order chi connectivity index (χ1) is 13.9. The SMILES string of the molecule is CSc1nccc(-c2sc(C(C)(C)C)nc2-c2cc(F)cc(NS(C)(=O)=O)c2Cl)n1. The molecule has 0 aliphatic carbocycles. The summed E-state index contributed by atoms with van der Waals surface area (Å²) in [4.78, 5) is 14.2. The normalized spacial score (nSPS) is 12.2. The summed E-state index contributed by atoms with van der Waals surface area (Å²) in [7, 11) is -3.65. The lowest BCUT2D eigenvalue weighted by atomic mass is 9.98. The van der Waals surface area contributed by atoms with E-state index in [0.717, 1.165) is 17.3 Å². The van der Waals surface area contributed by atoms with Crippen LogP contribution in [-0.2, 0) is 15.4 Å². The average Bonchev–Trinajstić information content (AvgIpc) is 3.09.